The van der Waals surface area contributed by atoms with E-state index in [1.54, 1.807) is 25.1 Å². The fourth-order valence-electron chi connectivity index (χ4n) is 2.88. The van der Waals surface area contributed by atoms with E-state index in [1.165, 1.54) is 0 Å². The van der Waals surface area contributed by atoms with Crippen LogP contribution in [0.1, 0.15) is 22.4 Å². The highest BCUT2D eigenvalue weighted by atomic mass is 35.5. The molecule has 0 spiro atoms. The van der Waals surface area contributed by atoms with E-state index >= 15 is 0 Å². The van der Waals surface area contributed by atoms with Gasteiger partial charge >= 0.3 is 6.18 Å². The highest BCUT2D eigenvalue weighted by Crippen LogP contribution is 2.40. The van der Waals surface area contributed by atoms with Crippen LogP contribution in [0.15, 0.2) is 36.4 Å². The van der Waals surface area contributed by atoms with Crippen LogP contribution in [0.25, 0.3) is 22.5 Å². The number of alkyl halides is 3. The second-order valence-electron chi connectivity index (χ2n) is 6.05. The molecule has 2 N–H and O–H groups in total. The summed E-state index contributed by atoms with van der Waals surface area (Å²) < 4.78 is 39.1. The maximum Gasteiger partial charge on any atom is 0.417 e. The predicted molar refractivity (Wildman–Crippen MR) is 101 cm³/mol. The quantitative estimate of drug-likeness (QED) is 0.628. The van der Waals surface area contributed by atoms with Gasteiger partial charge in [-0.2, -0.15) is 23.7 Å². The van der Waals surface area contributed by atoms with E-state index in [9.17, 15) is 23.7 Å². The van der Waals surface area contributed by atoms with E-state index in [-0.39, 0.29) is 33.8 Å². The first-order valence-electron chi connectivity index (χ1n) is 8.12. The van der Waals surface area contributed by atoms with E-state index in [0.717, 1.165) is 18.2 Å². The maximum absolute atomic E-state index is 13.0. The van der Waals surface area contributed by atoms with Crippen LogP contribution in [0.2, 0.25) is 5.02 Å². The number of anilines is 1. The zero-order valence-corrected chi connectivity index (χ0v) is 15.6. The number of pyridine rings is 2. The third-order valence-corrected chi connectivity index (χ3v) is 4.46. The number of aryl methyl sites for hydroxylation is 1. The molecule has 29 heavy (non-hydrogen) atoms. The van der Waals surface area contributed by atoms with Crippen LogP contribution in [0.3, 0.4) is 0 Å². The summed E-state index contributed by atoms with van der Waals surface area (Å²) in [6.45, 7) is 1.75. The largest absolute Gasteiger partial charge is 0.417 e. The van der Waals surface area contributed by atoms with Gasteiger partial charge in [0.25, 0.3) is 0 Å². The number of hydrogen-bond donors (Lipinski definition) is 1. The van der Waals surface area contributed by atoms with Crippen molar-refractivity contribution in [1.29, 1.82) is 10.5 Å². The predicted octanol–water partition coefficient (Wildman–Crippen LogP) is 5.12. The van der Waals surface area contributed by atoms with Gasteiger partial charge in [-0.25, -0.2) is 4.98 Å². The molecule has 0 atom stereocenters. The van der Waals surface area contributed by atoms with Crippen molar-refractivity contribution in [2.45, 2.75) is 13.1 Å². The highest BCUT2D eigenvalue weighted by Gasteiger charge is 2.33. The first-order chi connectivity index (χ1) is 13.7. The molecule has 0 fully saturated rings. The van der Waals surface area contributed by atoms with Gasteiger partial charge in [-0.3, -0.25) is 4.98 Å². The van der Waals surface area contributed by atoms with Crippen LogP contribution in [-0.2, 0) is 6.18 Å². The number of nitrogen functional groups attached to an aromatic ring is 1. The Morgan fingerprint density at radius 2 is 1.72 bits per heavy atom. The maximum atomic E-state index is 13.0. The van der Waals surface area contributed by atoms with Crippen LogP contribution >= 0.6 is 11.6 Å². The molecule has 0 unspecified atom stereocenters. The summed E-state index contributed by atoms with van der Waals surface area (Å²) in [5, 5.41) is 18.7. The molecule has 0 saturated heterocycles. The Hall–Kier alpha value is -3.62. The molecule has 144 valence electrons. The Morgan fingerprint density at radius 3 is 2.28 bits per heavy atom. The van der Waals surface area contributed by atoms with Gasteiger partial charge in [-0.1, -0.05) is 23.7 Å². The van der Waals surface area contributed by atoms with Crippen LogP contribution < -0.4 is 5.73 Å². The summed E-state index contributed by atoms with van der Waals surface area (Å²) in [7, 11) is 0. The molecule has 0 amide bonds. The molecule has 9 heteroatoms. The number of halogens is 4. The minimum atomic E-state index is -4.64. The van der Waals surface area contributed by atoms with Gasteiger partial charge in [0.2, 0.25) is 0 Å². The lowest BCUT2D eigenvalue weighted by Crippen LogP contribution is -2.07. The van der Waals surface area contributed by atoms with Crippen LogP contribution in [0.4, 0.5) is 19.0 Å². The number of hydrogen-bond acceptors (Lipinski definition) is 5. The Bertz CT molecular complexity index is 1210. The lowest BCUT2D eigenvalue weighted by Gasteiger charge is -2.15. The fraction of sp³-hybridized carbons (Fsp3) is 0.100. The van der Waals surface area contributed by atoms with Crippen molar-refractivity contribution in [3.8, 4) is 34.7 Å². The lowest BCUT2D eigenvalue weighted by molar-refractivity contribution is -0.137. The Morgan fingerprint density at radius 1 is 1.03 bits per heavy atom. The molecule has 0 saturated carbocycles. The number of nitrogens with zero attached hydrogens (tertiary/aromatic N) is 4. The van der Waals surface area contributed by atoms with Crippen molar-refractivity contribution >= 4 is 17.4 Å². The molecule has 2 aromatic heterocycles. The van der Waals surface area contributed by atoms with Crippen molar-refractivity contribution in [2.24, 2.45) is 0 Å². The van der Waals surface area contributed by atoms with E-state index in [0.29, 0.717) is 11.4 Å². The van der Waals surface area contributed by atoms with Gasteiger partial charge in [-0.15, -0.1) is 0 Å². The molecule has 0 aliphatic rings. The van der Waals surface area contributed by atoms with E-state index in [1.807, 2.05) is 12.1 Å². The SMILES string of the molecule is Cc1cccc(-c2nc(N)c(C#N)c(-c3ccc(C(F)(F)F)c(Cl)c3)c2C#N)n1. The molecular weight excluding hydrogens is 403 g/mol. The summed E-state index contributed by atoms with van der Waals surface area (Å²) >= 11 is 5.83. The summed E-state index contributed by atoms with van der Waals surface area (Å²) in [6.07, 6.45) is -4.64. The molecule has 0 radical (unpaired) electrons. The van der Waals surface area contributed by atoms with Crippen LogP contribution in [-0.4, -0.2) is 9.97 Å². The van der Waals surface area contributed by atoms with Gasteiger partial charge in [0.1, 0.15) is 29.2 Å². The van der Waals surface area contributed by atoms with Crippen molar-refractivity contribution in [1.82, 2.24) is 9.97 Å². The Kier molecular flexibility index (Phi) is 5.15. The Balaban J connectivity index is 2.36. The average Bonchev–Trinajstić information content (AvgIpc) is 2.66. The fourth-order valence-corrected chi connectivity index (χ4v) is 3.16. The molecular formula is C20H11ClF3N5. The number of nitriles is 2. The van der Waals surface area contributed by atoms with Gasteiger partial charge in [0.15, 0.2) is 0 Å². The molecule has 0 aliphatic heterocycles. The molecule has 2 heterocycles. The summed E-state index contributed by atoms with van der Waals surface area (Å²) in [5.41, 5.74) is 6.05. The van der Waals surface area contributed by atoms with Crippen molar-refractivity contribution in [3.63, 3.8) is 0 Å². The third kappa shape index (κ3) is 3.71. The summed E-state index contributed by atoms with van der Waals surface area (Å²) in [5.74, 6) is -0.171. The van der Waals surface area contributed by atoms with Crippen molar-refractivity contribution < 1.29 is 13.2 Å². The van der Waals surface area contributed by atoms with Gasteiger partial charge in [0.05, 0.1) is 21.8 Å². The lowest BCUT2D eigenvalue weighted by atomic mass is 9.93. The second kappa shape index (κ2) is 7.42. The molecule has 1 aromatic carbocycles. The molecule has 0 bridgehead atoms. The zero-order valence-electron chi connectivity index (χ0n) is 14.8. The summed E-state index contributed by atoms with van der Waals surface area (Å²) in [6, 6.07) is 11.9. The smallest absolute Gasteiger partial charge is 0.383 e. The minimum Gasteiger partial charge on any atom is -0.383 e. The third-order valence-electron chi connectivity index (χ3n) is 4.14. The number of aromatic nitrogens is 2. The van der Waals surface area contributed by atoms with Gasteiger partial charge in [-0.05, 0) is 36.8 Å². The van der Waals surface area contributed by atoms with Gasteiger partial charge < -0.3 is 5.73 Å². The second-order valence-corrected chi connectivity index (χ2v) is 6.46. The molecule has 5 nitrogen and oxygen atoms in total. The normalized spacial score (nSPS) is 11.0. The topological polar surface area (TPSA) is 99.4 Å². The number of nitrogens with two attached hydrogens (primary N) is 1. The number of rotatable bonds is 2. The first kappa shape index (κ1) is 20.1. The monoisotopic (exact) mass is 413 g/mol. The minimum absolute atomic E-state index is 0.0373. The van der Waals surface area contributed by atoms with Crippen molar-refractivity contribution in [2.75, 3.05) is 5.73 Å². The molecule has 3 rings (SSSR count). The molecule has 0 aliphatic carbocycles. The number of benzene rings is 1. The molecule has 3 aromatic rings. The van der Waals surface area contributed by atoms with Crippen molar-refractivity contribution in [3.05, 3.63) is 63.8 Å². The van der Waals surface area contributed by atoms with Gasteiger partial charge in [0, 0.05) is 11.3 Å². The first-order valence-corrected chi connectivity index (χ1v) is 8.50. The van der Waals surface area contributed by atoms with Crippen LogP contribution in [0.5, 0.6) is 0 Å². The van der Waals surface area contributed by atoms with E-state index < -0.39 is 16.8 Å². The zero-order chi connectivity index (χ0) is 21.3. The average molecular weight is 414 g/mol. The van der Waals surface area contributed by atoms with Crippen LogP contribution in [0, 0.1) is 29.6 Å². The standard InChI is InChI=1S/C20H11ClF3N5/c1-10-3-2-4-16(28-10)18-12(8-25)17(13(9-26)19(27)29-18)11-5-6-14(15(21)7-11)20(22,23)24/h2-7H,1H3,(H2,27,29). The summed E-state index contributed by atoms with van der Waals surface area (Å²) in [4.78, 5) is 8.47. The van der Waals surface area contributed by atoms with E-state index in [2.05, 4.69) is 9.97 Å². The Labute approximate surface area is 168 Å². The van der Waals surface area contributed by atoms with E-state index in [4.69, 9.17) is 17.3 Å². The highest BCUT2D eigenvalue weighted by molar-refractivity contribution is 6.31.